The third kappa shape index (κ3) is 3.18. The van der Waals surface area contributed by atoms with E-state index in [0.29, 0.717) is 22.9 Å². The molecule has 0 aromatic heterocycles. The van der Waals surface area contributed by atoms with Gasteiger partial charge in [0.05, 0.1) is 7.11 Å². The van der Waals surface area contributed by atoms with Crippen LogP contribution in [0.4, 0.5) is 10.1 Å². The van der Waals surface area contributed by atoms with Crippen molar-refractivity contribution in [1.82, 2.24) is 0 Å². The van der Waals surface area contributed by atoms with Gasteiger partial charge in [0.2, 0.25) is 0 Å². The van der Waals surface area contributed by atoms with E-state index in [9.17, 15) is 4.39 Å². The summed E-state index contributed by atoms with van der Waals surface area (Å²) < 4.78 is 18.7. The fraction of sp³-hybridized carbons (Fsp3) is 0.200. The molecule has 0 atom stereocenters. The molecule has 4 heteroatoms. The number of hydrogen-bond donors (Lipinski definition) is 1. The molecule has 0 radical (unpaired) electrons. The van der Waals surface area contributed by atoms with Crippen LogP contribution < -0.4 is 10.1 Å². The summed E-state index contributed by atoms with van der Waals surface area (Å²) in [7, 11) is 1.52. The third-order valence-corrected chi connectivity index (χ3v) is 3.41. The molecule has 2 nitrogen and oxygen atoms in total. The molecule has 1 N–H and O–H groups in total. The number of halogens is 2. The Morgan fingerprint density at radius 1 is 1.26 bits per heavy atom. The molecule has 2 aromatic rings. The highest BCUT2D eigenvalue weighted by atomic mass is 35.5. The molecule has 100 valence electrons. The molecule has 0 aliphatic rings. The average Bonchev–Trinajstić information content (AvgIpc) is 2.41. The molecule has 0 unspecified atom stereocenters. The number of benzene rings is 2. The maximum absolute atomic E-state index is 13.8. The first-order chi connectivity index (χ1) is 9.11. The molecule has 0 bridgehead atoms. The molecule has 0 aliphatic carbocycles. The number of ether oxygens (including phenoxy) is 1. The lowest BCUT2D eigenvalue weighted by atomic mass is 10.1. The number of nitrogens with one attached hydrogen (secondary N) is 1. The zero-order valence-corrected chi connectivity index (χ0v) is 11.6. The fourth-order valence-corrected chi connectivity index (χ4v) is 1.96. The zero-order chi connectivity index (χ0) is 13.8. The van der Waals surface area contributed by atoms with Gasteiger partial charge in [0.1, 0.15) is 11.6 Å². The lowest BCUT2D eigenvalue weighted by molar-refractivity contribution is 0.411. The third-order valence-electron chi connectivity index (χ3n) is 3.00. The molecular weight excluding hydrogens is 265 g/mol. The molecule has 0 saturated carbocycles. The molecular formula is C15H15ClFNO. The van der Waals surface area contributed by atoms with Crippen LogP contribution in [0.2, 0.25) is 5.02 Å². The van der Waals surface area contributed by atoms with Crippen molar-refractivity contribution in [3.05, 3.63) is 58.4 Å². The largest absolute Gasteiger partial charge is 0.497 e. The highest BCUT2D eigenvalue weighted by molar-refractivity contribution is 6.31. The Kier molecular flexibility index (Phi) is 4.27. The van der Waals surface area contributed by atoms with E-state index in [1.54, 1.807) is 12.1 Å². The highest BCUT2D eigenvalue weighted by Crippen LogP contribution is 2.24. The van der Waals surface area contributed by atoms with Crippen molar-refractivity contribution in [3.63, 3.8) is 0 Å². The van der Waals surface area contributed by atoms with Gasteiger partial charge in [0.15, 0.2) is 0 Å². The van der Waals surface area contributed by atoms with Crippen molar-refractivity contribution in [2.24, 2.45) is 0 Å². The van der Waals surface area contributed by atoms with E-state index in [1.807, 2.05) is 25.1 Å². The minimum atomic E-state index is -0.286. The van der Waals surface area contributed by atoms with Crippen molar-refractivity contribution in [3.8, 4) is 5.75 Å². The van der Waals surface area contributed by atoms with Gasteiger partial charge in [-0.3, -0.25) is 0 Å². The molecule has 19 heavy (non-hydrogen) atoms. The van der Waals surface area contributed by atoms with Gasteiger partial charge in [-0.25, -0.2) is 4.39 Å². The van der Waals surface area contributed by atoms with Crippen molar-refractivity contribution < 1.29 is 9.13 Å². The topological polar surface area (TPSA) is 21.3 Å². The maximum Gasteiger partial charge on any atom is 0.131 e. The van der Waals surface area contributed by atoms with Crippen molar-refractivity contribution in [1.29, 1.82) is 0 Å². The van der Waals surface area contributed by atoms with Crippen LogP contribution in [-0.2, 0) is 6.54 Å². The molecule has 0 heterocycles. The molecule has 0 spiro atoms. The van der Waals surface area contributed by atoms with Crippen LogP contribution in [0.25, 0.3) is 0 Å². The van der Waals surface area contributed by atoms with Gasteiger partial charge in [-0.2, -0.15) is 0 Å². The van der Waals surface area contributed by atoms with Crippen LogP contribution in [0.5, 0.6) is 5.75 Å². The molecule has 2 rings (SSSR count). The summed E-state index contributed by atoms with van der Waals surface area (Å²) in [5, 5.41) is 3.88. The maximum atomic E-state index is 13.8. The Labute approximate surface area is 117 Å². The van der Waals surface area contributed by atoms with Crippen LogP contribution >= 0.6 is 11.6 Å². The van der Waals surface area contributed by atoms with Gasteiger partial charge in [0, 0.05) is 28.9 Å². The van der Waals surface area contributed by atoms with E-state index in [4.69, 9.17) is 16.3 Å². The first-order valence-electron chi connectivity index (χ1n) is 5.93. The first-order valence-corrected chi connectivity index (χ1v) is 6.31. The summed E-state index contributed by atoms with van der Waals surface area (Å²) in [6.07, 6.45) is 0. The molecule has 2 aromatic carbocycles. The Bertz CT molecular complexity index is 586. The quantitative estimate of drug-likeness (QED) is 0.895. The summed E-state index contributed by atoms with van der Waals surface area (Å²) in [5.74, 6) is 0.228. The van der Waals surface area contributed by atoms with Crippen molar-refractivity contribution in [2.75, 3.05) is 12.4 Å². The van der Waals surface area contributed by atoms with Crippen LogP contribution in [0, 0.1) is 12.7 Å². The second-order valence-corrected chi connectivity index (χ2v) is 4.63. The monoisotopic (exact) mass is 279 g/mol. The van der Waals surface area contributed by atoms with Gasteiger partial charge in [0.25, 0.3) is 0 Å². The molecule has 0 aliphatic heterocycles. The van der Waals surface area contributed by atoms with E-state index in [2.05, 4.69) is 5.32 Å². The minimum absolute atomic E-state index is 0.286. The van der Waals surface area contributed by atoms with Crippen LogP contribution in [-0.4, -0.2) is 7.11 Å². The van der Waals surface area contributed by atoms with Crippen LogP contribution in [0.1, 0.15) is 11.1 Å². The van der Waals surface area contributed by atoms with E-state index >= 15 is 0 Å². The predicted molar refractivity (Wildman–Crippen MR) is 76.5 cm³/mol. The summed E-state index contributed by atoms with van der Waals surface area (Å²) in [5.41, 5.74) is 2.45. The SMILES string of the molecule is COc1ccc(CNc2cccc(Cl)c2C)c(F)c1. The standard InChI is InChI=1S/C15H15ClFNO/c1-10-13(16)4-3-5-15(10)18-9-11-6-7-12(19-2)8-14(11)17/h3-8,18H,9H2,1-2H3. The Morgan fingerprint density at radius 3 is 2.74 bits per heavy atom. The Morgan fingerprint density at radius 2 is 2.05 bits per heavy atom. The summed E-state index contributed by atoms with van der Waals surface area (Å²) in [4.78, 5) is 0. The van der Waals surface area contributed by atoms with Gasteiger partial charge < -0.3 is 10.1 Å². The van der Waals surface area contributed by atoms with E-state index < -0.39 is 0 Å². The molecule has 0 amide bonds. The van der Waals surface area contributed by atoms with Crippen LogP contribution in [0.15, 0.2) is 36.4 Å². The average molecular weight is 280 g/mol. The van der Waals surface area contributed by atoms with Gasteiger partial charge >= 0.3 is 0 Å². The lowest BCUT2D eigenvalue weighted by Gasteiger charge is -2.11. The number of hydrogen-bond acceptors (Lipinski definition) is 2. The Hall–Kier alpha value is -1.74. The number of methoxy groups -OCH3 is 1. The normalized spacial score (nSPS) is 10.3. The first kappa shape index (κ1) is 13.7. The second-order valence-electron chi connectivity index (χ2n) is 4.22. The van der Waals surface area contributed by atoms with Crippen LogP contribution in [0.3, 0.4) is 0 Å². The van der Waals surface area contributed by atoms with E-state index in [-0.39, 0.29) is 5.82 Å². The summed E-state index contributed by atoms with van der Waals surface area (Å²) in [6.45, 7) is 2.33. The van der Waals surface area contributed by atoms with Crippen molar-refractivity contribution >= 4 is 17.3 Å². The Balaban J connectivity index is 2.12. The van der Waals surface area contributed by atoms with Gasteiger partial charge in [-0.05, 0) is 30.7 Å². The van der Waals surface area contributed by atoms with Crippen molar-refractivity contribution in [2.45, 2.75) is 13.5 Å². The number of rotatable bonds is 4. The molecule has 0 saturated heterocycles. The van der Waals surface area contributed by atoms with E-state index in [0.717, 1.165) is 11.3 Å². The van der Waals surface area contributed by atoms with Gasteiger partial charge in [-0.15, -0.1) is 0 Å². The van der Waals surface area contributed by atoms with E-state index in [1.165, 1.54) is 13.2 Å². The van der Waals surface area contributed by atoms with Gasteiger partial charge in [-0.1, -0.05) is 23.7 Å². The lowest BCUT2D eigenvalue weighted by Crippen LogP contribution is -2.03. The summed E-state index contributed by atoms with van der Waals surface area (Å²) in [6, 6.07) is 10.4. The highest BCUT2D eigenvalue weighted by Gasteiger charge is 2.06. The summed E-state index contributed by atoms with van der Waals surface area (Å²) >= 11 is 6.04. The fourth-order valence-electron chi connectivity index (χ4n) is 1.79. The molecule has 0 fully saturated rings. The predicted octanol–water partition coefficient (Wildman–Crippen LogP) is 4.41. The smallest absolute Gasteiger partial charge is 0.131 e. The second kappa shape index (κ2) is 5.93. The zero-order valence-electron chi connectivity index (χ0n) is 10.8. The number of anilines is 1. The minimum Gasteiger partial charge on any atom is -0.497 e.